The lowest BCUT2D eigenvalue weighted by Gasteiger charge is -2.43. The summed E-state index contributed by atoms with van der Waals surface area (Å²) in [6, 6.07) is 0. The number of rotatable bonds is 5. The molecule has 4 unspecified atom stereocenters. The van der Waals surface area contributed by atoms with Crippen molar-refractivity contribution in [3.8, 4) is 0 Å². The van der Waals surface area contributed by atoms with Crippen LogP contribution in [0.15, 0.2) is 0 Å². The Balaban J connectivity index is 2.13. The molecule has 11 heteroatoms. The summed E-state index contributed by atoms with van der Waals surface area (Å²) in [6.07, 6.45) is -13.4. The third kappa shape index (κ3) is 3.60. The highest BCUT2D eigenvalue weighted by molar-refractivity contribution is 5.87. The molecule has 0 aromatic heterocycles. The third-order valence-electron chi connectivity index (χ3n) is 4.04. The van der Waals surface area contributed by atoms with Crippen molar-refractivity contribution in [1.29, 1.82) is 0 Å². The summed E-state index contributed by atoms with van der Waals surface area (Å²) in [7, 11) is 1.23. The van der Waals surface area contributed by atoms with Crippen molar-refractivity contribution < 1.29 is 54.4 Å². The number of aliphatic hydroxyl groups excluding tert-OH is 6. The largest absolute Gasteiger partial charge is 0.394 e. The molecule has 2 aliphatic heterocycles. The van der Waals surface area contributed by atoms with Gasteiger partial charge in [-0.1, -0.05) is 0 Å². The van der Waals surface area contributed by atoms with Gasteiger partial charge in [-0.2, -0.15) is 0 Å². The van der Waals surface area contributed by atoms with Gasteiger partial charge in [-0.25, -0.2) is 0 Å². The first-order valence-electron chi connectivity index (χ1n) is 7.32. The first-order valence-corrected chi connectivity index (χ1v) is 7.32. The van der Waals surface area contributed by atoms with Gasteiger partial charge in [0.2, 0.25) is 12.1 Å². The quantitative estimate of drug-likeness (QED) is 0.280. The lowest BCUT2D eigenvalue weighted by molar-refractivity contribution is -0.328. The molecule has 140 valence electrons. The molecule has 2 aliphatic rings. The zero-order chi connectivity index (χ0) is 18.0. The van der Waals surface area contributed by atoms with Crippen LogP contribution in [0.1, 0.15) is 0 Å². The van der Waals surface area contributed by atoms with Crippen LogP contribution < -0.4 is 0 Å². The number of aliphatic hydroxyl groups is 6. The molecule has 0 saturated carbocycles. The Bertz CT molecular complexity index is 430. The predicted octanol–water partition coefficient (Wildman–Crippen LogP) is -4.53. The SMILES string of the molecule is CO[C@@H]1OC(CO)[C@@H](O[C@@H]2OC(CO)[C@@H](O)C(O)C2=O)[C@H](O)C1O. The molecule has 0 bridgehead atoms. The van der Waals surface area contributed by atoms with E-state index < -0.39 is 74.3 Å². The Morgan fingerprint density at radius 1 is 0.958 bits per heavy atom. The second kappa shape index (κ2) is 8.10. The lowest BCUT2D eigenvalue weighted by atomic mass is 9.97. The number of methoxy groups -OCH3 is 1. The molecule has 9 atom stereocenters. The van der Waals surface area contributed by atoms with E-state index in [0.29, 0.717) is 0 Å². The fourth-order valence-corrected chi connectivity index (χ4v) is 2.63. The molecule has 0 aromatic carbocycles. The van der Waals surface area contributed by atoms with Crippen molar-refractivity contribution in [2.75, 3.05) is 20.3 Å². The van der Waals surface area contributed by atoms with Crippen LogP contribution in [0.2, 0.25) is 0 Å². The Labute approximate surface area is 136 Å². The number of ketones is 1. The van der Waals surface area contributed by atoms with Gasteiger partial charge in [0.15, 0.2) is 6.29 Å². The maximum atomic E-state index is 12.0. The van der Waals surface area contributed by atoms with Gasteiger partial charge < -0.3 is 49.6 Å². The van der Waals surface area contributed by atoms with Crippen molar-refractivity contribution >= 4 is 5.78 Å². The molecular weight excluding hydrogens is 332 g/mol. The van der Waals surface area contributed by atoms with Crippen LogP contribution in [0, 0.1) is 0 Å². The average Bonchev–Trinajstić information content (AvgIpc) is 2.59. The van der Waals surface area contributed by atoms with Gasteiger partial charge in [0, 0.05) is 7.11 Å². The molecule has 2 saturated heterocycles. The molecule has 0 aromatic rings. The molecule has 6 N–H and O–H groups in total. The highest BCUT2D eigenvalue weighted by atomic mass is 16.7. The van der Waals surface area contributed by atoms with E-state index in [1.54, 1.807) is 0 Å². The fourth-order valence-electron chi connectivity index (χ4n) is 2.63. The first-order chi connectivity index (χ1) is 11.3. The lowest BCUT2D eigenvalue weighted by Crippen LogP contribution is -2.63. The summed E-state index contributed by atoms with van der Waals surface area (Å²) in [5.74, 6) is -1.03. The van der Waals surface area contributed by atoms with E-state index in [0.717, 1.165) is 0 Å². The van der Waals surface area contributed by atoms with Gasteiger partial charge in [-0.15, -0.1) is 0 Å². The first kappa shape index (κ1) is 19.6. The summed E-state index contributed by atoms with van der Waals surface area (Å²) in [6.45, 7) is -1.31. The highest BCUT2D eigenvalue weighted by Gasteiger charge is 2.50. The number of carbonyl (C=O) groups excluding carboxylic acids is 1. The summed E-state index contributed by atoms with van der Waals surface area (Å²) in [5, 5.41) is 57.8. The summed E-state index contributed by atoms with van der Waals surface area (Å²) >= 11 is 0. The summed E-state index contributed by atoms with van der Waals surface area (Å²) in [5.41, 5.74) is 0. The Morgan fingerprint density at radius 2 is 1.58 bits per heavy atom. The fraction of sp³-hybridized carbons (Fsp3) is 0.923. The van der Waals surface area contributed by atoms with Crippen molar-refractivity contribution in [2.24, 2.45) is 0 Å². The molecule has 0 spiro atoms. The molecule has 24 heavy (non-hydrogen) atoms. The van der Waals surface area contributed by atoms with Crippen LogP contribution in [-0.4, -0.2) is 112 Å². The van der Waals surface area contributed by atoms with E-state index in [-0.39, 0.29) is 0 Å². The molecule has 0 aliphatic carbocycles. The van der Waals surface area contributed by atoms with E-state index in [2.05, 4.69) is 0 Å². The Hall–Kier alpha value is -0.730. The number of carbonyl (C=O) groups is 1. The Kier molecular flexibility index (Phi) is 6.61. The predicted molar refractivity (Wildman–Crippen MR) is 72.4 cm³/mol. The smallest absolute Gasteiger partial charge is 0.221 e. The normalized spacial score (nSPS) is 47.0. The molecule has 2 heterocycles. The number of hydrogen-bond acceptors (Lipinski definition) is 11. The molecule has 11 nitrogen and oxygen atoms in total. The minimum absolute atomic E-state index is 0.621. The van der Waals surface area contributed by atoms with Gasteiger partial charge in [0.05, 0.1) is 13.2 Å². The Morgan fingerprint density at radius 3 is 2.12 bits per heavy atom. The molecular formula is C13H22O11. The van der Waals surface area contributed by atoms with E-state index in [4.69, 9.17) is 24.1 Å². The third-order valence-corrected chi connectivity index (χ3v) is 4.04. The van der Waals surface area contributed by atoms with Gasteiger partial charge in [-0.3, -0.25) is 4.79 Å². The molecule has 2 rings (SSSR count). The van der Waals surface area contributed by atoms with Crippen LogP contribution in [-0.2, 0) is 23.7 Å². The maximum Gasteiger partial charge on any atom is 0.221 e. The molecule has 2 fully saturated rings. The van der Waals surface area contributed by atoms with Crippen LogP contribution in [0.5, 0.6) is 0 Å². The van der Waals surface area contributed by atoms with Gasteiger partial charge in [0.1, 0.15) is 42.7 Å². The van der Waals surface area contributed by atoms with Crippen molar-refractivity contribution in [1.82, 2.24) is 0 Å². The number of hydrogen-bond donors (Lipinski definition) is 6. The minimum atomic E-state index is -1.85. The maximum absolute atomic E-state index is 12.0. The van der Waals surface area contributed by atoms with E-state index >= 15 is 0 Å². The summed E-state index contributed by atoms with van der Waals surface area (Å²) in [4.78, 5) is 12.0. The van der Waals surface area contributed by atoms with Crippen LogP contribution in [0.3, 0.4) is 0 Å². The molecule has 0 radical (unpaired) electrons. The second-order valence-corrected chi connectivity index (χ2v) is 5.57. The topological polar surface area (TPSA) is 175 Å². The van der Waals surface area contributed by atoms with Gasteiger partial charge in [-0.05, 0) is 0 Å². The van der Waals surface area contributed by atoms with Crippen LogP contribution in [0.25, 0.3) is 0 Å². The average molecular weight is 354 g/mol. The zero-order valence-corrected chi connectivity index (χ0v) is 12.8. The van der Waals surface area contributed by atoms with E-state index in [1.807, 2.05) is 0 Å². The van der Waals surface area contributed by atoms with E-state index in [1.165, 1.54) is 7.11 Å². The zero-order valence-electron chi connectivity index (χ0n) is 12.8. The van der Waals surface area contributed by atoms with Crippen molar-refractivity contribution in [3.63, 3.8) is 0 Å². The van der Waals surface area contributed by atoms with Gasteiger partial charge >= 0.3 is 0 Å². The number of Topliss-reactive ketones (excluding diaryl/α,β-unsaturated/α-hetero) is 1. The monoisotopic (exact) mass is 354 g/mol. The van der Waals surface area contributed by atoms with Crippen LogP contribution >= 0.6 is 0 Å². The van der Waals surface area contributed by atoms with Crippen molar-refractivity contribution in [3.05, 3.63) is 0 Å². The summed E-state index contributed by atoms with van der Waals surface area (Å²) < 4.78 is 20.4. The highest BCUT2D eigenvalue weighted by Crippen LogP contribution is 2.27. The van der Waals surface area contributed by atoms with Crippen molar-refractivity contribution in [2.45, 2.75) is 55.3 Å². The van der Waals surface area contributed by atoms with Crippen LogP contribution in [0.4, 0.5) is 0 Å². The number of ether oxygens (including phenoxy) is 4. The minimum Gasteiger partial charge on any atom is -0.394 e. The standard InChI is InChI=1S/C13H22O11/c1-21-12-10(20)8(18)11(5(3-15)23-12)24-13-9(19)7(17)6(16)4(2-14)22-13/h4-8,10-18,20H,2-3H2,1H3/t4?,5?,6-,7?,8-,10?,11-,12-,13+/m1/s1. The van der Waals surface area contributed by atoms with Gasteiger partial charge in [0.25, 0.3) is 0 Å². The second-order valence-electron chi connectivity index (χ2n) is 5.57. The van der Waals surface area contributed by atoms with E-state index in [9.17, 15) is 30.3 Å². The molecule has 0 amide bonds.